The van der Waals surface area contributed by atoms with E-state index in [1.807, 2.05) is 24.3 Å². The summed E-state index contributed by atoms with van der Waals surface area (Å²) in [6.45, 7) is 6.08. The molecule has 1 aromatic carbocycles. The van der Waals surface area contributed by atoms with Gasteiger partial charge < -0.3 is 9.84 Å². The Balaban J connectivity index is 1.47. The molecule has 28 heavy (non-hydrogen) atoms. The largest absolute Gasteiger partial charge is 0.484 e. The average Bonchev–Trinajstić information content (AvgIpc) is 3.25. The number of carbonyl (C=O) groups is 3. The third kappa shape index (κ3) is 4.18. The van der Waals surface area contributed by atoms with E-state index in [2.05, 4.69) is 31.6 Å². The van der Waals surface area contributed by atoms with Crippen LogP contribution in [0.15, 0.2) is 36.4 Å². The maximum absolute atomic E-state index is 12.4. The van der Waals surface area contributed by atoms with Crippen LogP contribution >= 0.6 is 0 Å². The van der Waals surface area contributed by atoms with Gasteiger partial charge >= 0.3 is 5.97 Å². The lowest BCUT2D eigenvalue weighted by Gasteiger charge is -2.23. The van der Waals surface area contributed by atoms with Gasteiger partial charge in [-0.3, -0.25) is 25.2 Å². The van der Waals surface area contributed by atoms with Gasteiger partial charge in [0.2, 0.25) is 5.91 Å². The van der Waals surface area contributed by atoms with Crippen LogP contribution in [0.3, 0.4) is 0 Å². The summed E-state index contributed by atoms with van der Waals surface area (Å²) in [5.74, 6) is -3.05. The highest BCUT2D eigenvalue weighted by Gasteiger charge is 2.51. The molecule has 7 heteroatoms. The molecule has 0 saturated heterocycles. The highest BCUT2D eigenvalue weighted by molar-refractivity contribution is 5.88. The van der Waals surface area contributed by atoms with Crippen molar-refractivity contribution < 1.29 is 24.2 Å². The van der Waals surface area contributed by atoms with Gasteiger partial charge in [-0.05, 0) is 41.4 Å². The standard InChI is InChI=1S/C21H26N2O5/c1-21(2,3)14-6-8-15(9-7-14)28-11-16(24)22-23-19(25)17-12-4-5-13(10-12)18(17)20(26)27/h4-9,12-13,17-18H,10-11H2,1-3H3,(H,22,24)(H,23,25)(H,26,27)/t12-,13-,17-,18+/m0/s1. The molecular formula is C21H26N2O5. The van der Waals surface area contributed by atoms with E-state index < -0.39 is 29.6 Å². The smallest absolute Gasteiger partial charge is 0.307 e. The highest BCUT2D eigenvalue weighted by atomic mass is 16.5. The first kappa shape index (κ1) is 19.9. The number of rotatable bonds is 5. The number of aliphatic carboxylic acids is 1. The number of ether oxygens (including phenoxy) is 1. The first-order valence-corrected chi connectivity index (χ1v) is 9.40. The van der Waals surface area contributed by atoms with Gasteiger partial charge in [-0.2, -0.15) is 0 Å². The molecule has 3 rings (SSSR count). The number of hydrogen-bond acceptors (Lipinski definition) is 4. The van der Waals surface area contributed by atoms with E-state index in [0.29, 0.717) is 12.2 Å². The zero-order chi connectivity index (χ0) is 20.5. The van der Waals surface area contributed by atoms with Gasteiger partial charge in [0, 0.05) is 0 Å². The molecule has 1 aromatic rings. The van der Waals surface area contributed by atoms with Crippen LogP contribution in [0, 0.1) is 23.7 Å². The lowest BCUT2D eigenvalue weighted by atomic mass is 9.82. The fourth-order valence-corrected chi connectivity index (χ4v) is 3.97. The molecule has 1 fully saturated rings. The molecule has 0 aromatic heterocycles. The molecule has 0 heterocycles. The van der Waals surface area contributed by atoms with Crippen molar-refractivity contribution in [2.24, 2.45) is 23.7 Å². The molecule has 0 aliphatic heterocycles. The third-order valence-corrected chi connectivity index (χ3v) is 5.46. The van der Waals surface area contributed by atoms with Gasteiger partial charge in [-0.1, -0.05) is 45.1 Å². The van der Waals surface area contributed by atoms with Crippen LogP contribution in [-0.2, 0) is 19.8 Å². The number of allylic oxidation sites excluding steroid dienone is 2. The SMILES string of the molecule is CC(C)(C)c1ccc(OCC(=O)NNC(=O)[C@@H]2[C@H](C(=O)O)[C@H]3C=C[C@H]2C3)cc1. The summed E-state index contributed by atoms with van der Waals surface area (Å²) < 4.78 is 5.43. The molecule has 2 bridgehead atoms. The zero-order valence-corrected chi connectivity index (χ0v) is 16.3. The Bertz CT molecular complexity index is 794. The van der Waals surface area contributed by atoms with Gasteiger partial charge in [0.1, 0.15) is 5.75 Å². The summed E-state index contributed by atoms with van der Waals surface area (Å²) in [5, 5.41) is 9.39. The second kappa shape index (κ2) is 7.66. The monoisotopic (exact) mass is 386 g/mol. The number of carboxylic acids is 1. The Hall–Kier alpha value is -2.83. The molecule has 2 aliphatic carbocycles. The molecule has 2 amide bonds. The van der Waals surface area contributed by atoms with Gasteiger partial charge in [0.15, 0.2) is 6.61 Å². The third-order valence-electron chi connectivity index (χ3n) is 5.46. The number of benzene rings is 1. The maximum Gasteiger partial charge on any atom is 0.307 e. The van der Waals surface area contributed by atoms with Crippen LogP contribution < -0.4 is 15.6 Å². The van der Waals surface area contributed by atoms with E-state index in [1.54, 1.807) is 12.1 Å². The Morgan fingerprint density at radius 1 is 1.04 bits per heavy atom. The Kier molecular flexibility index (Phi) is 5.45. The summed E-state index contributed by atoms with van der Waals surface area (Å²) in [7, 11) is 0. The van der Waals surface area contributed by atoms with E-state index in [4.69, 9.17) is 4.74 Å². The van der Waals surface area contributed by atoms with Crippen molar-refractivity contribution >= 4 is 17.8 Å². The predicted octanol–water partition coefficient (Wildman–Crippen LogP) is 2.03. The number of fused-ring (bicyclic) bond motifs is 2. The molecule has 0 radical (unpaired) electrons. The van der Waals surface area contributed by atoms with E-state index in [0.717, 1.165) is 5.56 Å². The van der Waals surface area contributed by atoms with Crippen molar-refractivity contribution in [1.82, 2.24) is 10.9 Å². The second-order valence-corrected chi connectivity index (χ2v) is 8.44. The lowest BCUT2D eigenvalue weighted by molar-refractivity contribution is -0.148. The van der Waals surface area contributed by atoms with Gasteiger partial charge in [0.25, 0.3) is 5.91 Å². The van der Waals surface area contributed by atoms with E-state index in [9.17, 15) is 19.5 Å². The maximum atomic E-state index is 12.4. The summed E-state index contributed by atoms with van der Waals surface area (Å²) >= 11 is 0. The Labute approximate surface area is 164 Å². The number of carboxylic acid groups (broad SMARTS) is 1. The molecular weight excluding hydrogens is 360 g/mol. The van der Waals surface area contributed by atoms with Gasteiger partial charge in [-0.15, -0.1) is 0 Å². The van der Waals surface area contributed by atoms with Crippen molar-refractivity contribution in [2.45, 2.75) is 32.6 Å². The zero-order valence-electron chi connectivity index (χ0n) is 16.3. The Morgan fingerprint density at radius 3 is 2.21 bits per heavy atom. The first-order valence-electron chi connectivity index (χ1n) is 9.40. The number of hydrogen-bond donors (Lipinski definition) is 3. The fourth-order valence-electron chi connectivity index (χ4n) is 3.97. The van der Waals surface area contributed by atoms with Crippen molar-refractivity contribution in [1.29, 1.82) is 0 Å². The molecule has 0 unspecified atom stereocenters. The number of hydrazine groups is 1. The topological polar surface area (TPSA) is 105 Å². The van der Waals surface area contributed by atoms with Crippen LogP contribution in [0.5, 0.6) is 5.75 Å². The van der Waals surface area contributed by atoms with Crippen molar-refractivity contribution in [3.05, 3.63) is 42.0 Å². The number of nitrogens with one attached hydrogen (secondary N) is 2. The molecule has 3 N–H and O–H groups in total. The second-order valence-electron chi connectivity index (χ2n) is 8.44. The predicted molar refractivity (Wildman–Crippen MR) is 102 cm³/mol. The van der Waals surface area contributed by atoms with Crippen LogP contribution in [0.25, 0.3) is 0 Å². The number of amides is 2. The molecule has 1 saturated carbocycles. The summed E-state index contributed by atoms with van der Waals surface area (Å²) in [6.07, 6.45) is 4.42. The van der Waals surface area contributed by atoms with E-state index >= 15 is 0 Å². The minimum absolute atomic E-state index is 0.0306. The normalized spacial score (nSPS) is 25.4. The molecule has 0 spiro atoms. The quantitative estimate of drug-likeness (QED) is 0.531. The minimum atomic E-state index is -0.981. The van der Waals surface area contributed by atoms with Crippen molar-refractivity contribution in [3.8, 4) is 5.75 Å². The first-order chi connectivity index (χ1) is 13.2. The van der Waals surface area contributed by atoms with Crippen LogP contribution in [0.1, 0.15) is 32.8 Å². The van der Waals surface area contributed by atoms with Crippen molar-refractivity contribution in [3.63, 3.8) is 0 Å². The van der Waals surface area contributed by atoms with Gasteiger partial charge in [-0.25, -0.2) is 0 Å². The number of carbonyl (C=O) groups excluding carboxylic acids is 2. The summed E-state index contributed by atoms with van der Waals surface area (Å²) in [5.41, 5.74) is 5.83. The lowest BCUT2D eigenvalue weighted by Crippen LogP contribution is -2.49. The fraction of sp³-hybridized carbons (Fsp3) is 0.476. The average molecular weight is 386 g/mol. The van der Waals surface area contributed by atoms with Crippen molar-refractivity contribution in [2.75, 3.05) is 6.61 Å². The van der Waals surface area contributed by atoms with E-state index in [1.165, 1.54) is 0 Å². The van der Waals surface area contributed by atoms with Gasteiger partial charge in [0.05, 0.1) is 11.8 Å². The van der Waals surface area contributed by atoms with Crippen LogP contribution in [0.4, 0.5) is 0 Å². The molecule has 7 nitrogen and oxygen atoms in total. The van der Waals surface area contributed by atoms with Crippen LogP contribution in [0.2, 0.25) is 0 Å². The molecule has 150 valence electrons. The Morgan fingerprint density at radius 2 is 1.64 bits per heavy atom. The van der Waals surface area contributed by atoms with E-state index in [-0.39, 0.29) is 23.9 Å². The highest BCUT2D eigenvalue weighted by Crippen LogP contribution is 2.48. The summed E-state index contributed by atoms with van der Waals surface area (Å²) in [4.78, 5) is 35.8. The summed E-state index contributed by atoms with van der Waals surface area (Å²) in [6, 6.07) is 7.49. The van der Waals surface area contributed by atoms with Crippen LogP contribution in [-0.4, -0.2) is 29.5 Å². The molecule has 2 aliphatic rings. The molecule has 4 atom stereocenters. The minimum Gasteiger partial charge on any atom is -0.484 e.